The minimum Gasteiger partial charge on any atom is -0.385 e. The van der Waals surface area contributed by atoms with Crippen molar-refractivity contribution in [1.29, 1.82) is 0 Å². The van der Waals surface area contributed by atoms with Gasteiger partial charge in [0.1, 0.15) is 0 Å². The molecule has 21 heavy (non-hydrogen) atoms. The third-order valence-corrected chi connectivity index (χ3v) is 4.87. The summed E-state index contributed by atoms with van der Waals surface area (Å²) in [6.45, 7) is 2.74. The Labute approximate surface area is 124 Å². The first-order chi connectivity index (χ1) is 10.0. The maximum Gasteiger partial charge on any atom is 0.262 e. The first kappa shape index (κ1) is 13.9. The van der Waals surface area contributed by atoms with Gasteiger partial charge in [0.15, 0.2) is 0 Å². The van der Waals surface area contributed by atoms with Crippen LogP contribution in [0.4, 0.5) is 11.4 Å². The highest BCUT2D eigenvalue weighted by molar-refractivity contribution is 7.92. The number of fused-ring (bicyclic) bond motifs is 1. The van der Waals surface area contributed by atoms with Gasteiger partial charge in [-0.3, -0.25) is 9.71 Å². The molecule has 0 radical (unpaired) electrons. The average molecular weight is 303 g/mol. The molecule has 0 unspecified atom stereocenters. The molecule has 5 nitrogen and oxygen atoms in total. The summed E-state index contributed by atoms with van der Waals surface area (Å²) in [7, 11) is -3.59. The molecule has 0 spiro atoms. The van der Waals surface area contributed by atoms with E-state index in [-0.39, 0.29) is 4.90 Å². The molecule has 1 aliphatic rings. The van der Waals surface area contributed by atoms with E-state index < -0.39 is 10.0 Å². The number of aryl methyl sites for hydroxylation is 2. The highest BCUT2D eigenvalue weighted by Gasteiger charge is 2.17. The SMILES string of the molecule is Cc1ccc(NS(=O)(=O)c2ccc3c(c2)NCCC3)cn1. The molecule has 0 atom stereocenters. The lowest BCUT2D eigenvalue weighted by atomic mass is 10.0. The number of hydrogen-bond donors (Lipinski definition) is 2. The van der Waals surface area contributed by atoms with Crippen LogP contribution in [0.3, 0.4) is 0 Å². The van der Waals surface area contributed by atoms with E-state index >= 15 is 0 Å². The van der Waals surface area contributed by atoms with Crippen molar-refractivity contribution in [3.8, 4) is 0 Å². The van der Waals surface area contributed by atoms with Gasteiger partial charge in [-0.15, -0.1) is 0 Å². The molecule has 0 bridgehead atoms. The lowest BCUT2D eigenvalue weighted by molar-refractivity contribution is 0.601. The van der Waals surface area contributed by atoms with Crippen LogP contribution in [-0.2, 0) is 16.4 Å². The number of nitrogens with one attached hydrogen (secondary N) is 2. The van der Waals surface area contributed by atoms with Gasteiger partial charge in [0.2, 0.25) is 0 Å². The number of pyridine rings is 1. The van der Waals surface area contributed by atoms with Crippen LogP contribution in [0.5, 0.6) is 0 Å². The number of rotatable bonds is 3. The summed E-state index contributed by atoms with van der Waals surface area (Å²) in [5, 5.41) is 3.24. The van der Waals surface area contributed by atoms with E-state index in [0.29, 0.717) is 5.69 Å². The number of sulfonamides is 1. The maximum atomic E-state index is 12.4. The number of anilines is 2. The van der Waals surface area contributed by atoms with E-state index in [1.165, 1.54) is 6.20 Å². The molecule has 2 aromatic rings. The van der Waals surface area contributed by atoms with Crippen LogP contribution in [0, 0.1) is 6.92 Å². The zero-order chi connectivity index (χ0) is 14.9. The topological polar surface area (TPSA) is 71.1 Å². The molecule has 0 aliphatic carbocycles. The van der Waals surface area contributed by atoms with Gasteiger partial charge in [0.05, 0.1) is 16.8 Å². The lowest BCUT2D eigenvalue weighted by Gasteiger charge is -2.19. The van der Waals surface area contributed by atoms with E-state index in [1.807, 2.05) is 13.0 Å². The van der Waals surface area contributed by atoms with Gasteiger partial charge in [-0.25, -0.2) is 8.42 Å². The van der Waals surface area contributed by atoms with Gasteiger partial charge in [0.25, 0.3) is 10.0 Å². The molecule has 0 saturated carbocycles. The van der Waals surface area contributed by atoms with Crippen molar-refractivity contribution in [2.75, 3.05) is 16.6 Å². The maximum absolute atomic E-state index is 12.4. The standard InChI is InChI=1S/C15H17N3O2S/c1-11-4-6-13(10-17-11)18-21(19,20)14-7-5-12-3-2-8-16-15(12)9-14/h4-7,9-10,16,18H,2-3,8H2,1H3. The van der Waals surface area contributed by atoms with Crippen LogP contribution in [0.1, 0.15) is 17.7 Å². The fourth-order valence-corrected chi connectivity index (χ4v) is 3.42. The molecule has 1 aromatic carbocycles. The fraction of sp³-hybridized carbons (Fsp3) is 0.267. The Bertz CT molecular complexity index is 755. The van der Waals surface area contributed by atoms with Crippen LogP contribution >= 0.6 is 0 Å². The Hall–Kier alpha value is -2.08. The highest BCUT2D eigenvalue weighted by atomic mass is 32.2. The molecule has 1 aromatic heterocycles. The second-order valence-corrected chi connectivity index (χ2v) is 6.83. The first-order valence-corrected chi connectivity index (χ1v) is 8.35. The highest BCUT2D eigenvalue weighted by Crippen LogP contribution is 2.26. The van der Waals surface area contributed by atoms with Crippen LogP contribution in [-0.4, -0.2) is 19.9 Å². The molecule has 0 fully saturated rings. The molecule has 6 heteroatoms. The smallest absolute Gasteiger partial charge is 0.262 e. The normalized spacial score (nSPS) is 14.1. The Morgan fingerprint density at radius 1 is 1.24 bits per heavy atom. The average Bonchev–Trinajstić information content (AvgIpc) is 2.49. The number of nitrogens with zero attached hydrogens (tertiary/aromatic N) is 1. The number of aromatic nitrogens is 1. The van der Waals surface area contributed by atoms with Crippen molar-refractivity contribution < 1.29 is 8.42 Å². The molecular weight excluding hydrogens is 286 g/mol. The Balaban J connectivity index is 1.89. The summed E-state index contributed by atoms with van der Waals surface area (Å²) in [5.74, 6) is 0. The quantitative estimate of drug-likeness (QED) is 0.914. The summed E-state index contributed by atoms with van der Waals surface area (Å²) in [5.41, 5.74) is 3.38. The zero-order valence-electron chi connectivity index (χ0n) is 11.8. The molecule has 2 N–H and O–H groups in total. The van der Waals surface area contributed by atoms with E-state index in [9.17, 15) is 8.42 Å². The lowest BCUT2D eigenvalue weighted by Crippen LogP contribution is -2.16. The summed E-state index contributed by atoms with van der Waals surface area (Å²) in [4.78, 5) is 4.35. The van der Waals surface area contributed by atoms with Gasteiger partial charge >= 0.3 is 0 Å². The fourth-order valence-electron chi connectivity index (χ4n) is 2.35. The van der Waals surface area contributed by atoms with Gasteiger partial charge in [-0.1, -0.05) is 6.07 Å². The summed E-state index contributed by atoms with van der Waals surface area (Å²) < 4.78 is 27.4. The Morgan fingerprint density at radius 3 is 2.86 bits per heavy atom. The molecule has 1 aliphatic heterocycles. The van der Waals surface area contributed by atoms with Gasteiger partial charge in [0, 0.05) is 17.9 Å². The Kier molecular flexibility index (Phi) is 3.55. The van der Waals surface area contributed by atoms with E-state index in [4.69, 9.17) is 0 Å². The van der Waals surface area contributed by atoms with Crippen LogP contribution in [0.15, 0.2) is 41.4 Å². The van der Waals surface area contributed by atoms with Crippen molar-refractivity contribution in [2.24, 2.45) is 0 Å². The number of benzene rings is 1. The monoisotopic (exact) mass is 303 g/mol. The third kappa shape index (κ3) is 3.00. The predicted molar refractivity (Wildman–Crippen MR) is 83.0 cm³/mol. The van der Waals surface area contributed by atoms with Crippen molar-refractivity contribution in [2.45, 2.75) is 24.7 Å². The molecule has 0 saturated heterocycles. The Morgan fingerprint density at radius 2 is 2.10 bits per heavy atom. The first-order valence-electron chi connectivity index (χ1n) is 6.87. The summed E-state index contributed by atoms with van der Waals surface area (Å²) >= 11 is 0. The van der Waals surface area contributed by atoms with Crippen LogP contribution in [0.25, 0.3) is 0 Å². The number of hydrogen-bond acceptors (Lipinski definition) is 4. The van der Waals surface area contributed by atoms with Crippen molar-refractivity contribution >= 4 is 21.4 Å². The van der Waals surface area contributed by atoms with E-state index in [1.54, 1.807) is 24.3 Å². The minimum absolute atomic E-state index is 0.260. The third-order valence-electron chi connectivity index (χ3n) is 3.49. The zero-order valence-corrected chi connectivity index (χ0v) is 12.6. The van der Waals surface area contributed by atoms with Crippen LogP contribution in [0.2, 0.25) is 0 Å². The minimum atomic E-state index is -3.59. The summed E-state index contributed by atoms with van der Waals surface area (Å²) in [6.07, 6.45) is 3.58. The van der Waals surface area contributed by atoms with Gasteiger partial charge in [-0.2, -0.15) is 0 Å². The van der Waals surface area contributed by atoms with Crippen LogP contribution < -0.4 is 10.0 Å². The second-order valence-electron chi connectivity index (χ2n) is 5.14. The van der Waals surface area contributed by atoms with Crippen molar-refractivity contribution in [3.05, 3.63) is 47.8 Å². The predicted octanol–water partition coefficient (Wildman–Crippen LogP) is 2.55. The van der Waals surface area contributed by atoms with Gasteiger partial charge in [-0.05, 0) is 49.6 Å². The molecule has 3 rings (SSSR count). The second kappa shape index (κ2) is 5.37. The molecule has 2 heterocycles. The van der Waals surface area contributed by atoms with Crippen molar-refractivity contribution in [3.63, 3.8) is 0 Å². The summed E-state index contributed by atoms with van der Waals surface area (Å²) in [6, 6.07) is 8.69. The molecular formula is C15H17N3O2S. The molecule has 0 amide bonds. The molecule has 110 valence electrons. The van der Waals surface area contributed by atoms with Crippen molar-refractivity contribution in [1.82, 2.24) is 4.98 Å². The van der Waals surface area contributed by atoms with E-state index in [2.05, 4.69) is 15.0 Å². The van der Waals surface area contributed by atoms with E-state index in [0.717, 1.165) is 36.3 Å². The largest absolute Gasteiger partial charge is 0.385 e. The van der Waals surface area contributed by atoms with Gasteiger partial charge < -0.3 is 5.32 Å².